The molecule has 0 heterocycles. The molecule has 0 atom stereocenters. The summed E-state index contributed by atoms with van der Waals surface area (Å²) in [6.45, 7) is 1.46. The summed E-state index contributed by atoms with van der Waals surface area (Å²) in [7, 11) is 1.66. The number of carboxylic acids is 1. The Hall–Kier alpha value is -3.41. The van der Waals surface area contributed by atoms with Crippen molar-refractivity contribution in [3.05, 3.63) is 101 Å². The Morgan fingerprint density at radius 2 is 1.79 bits per heavy atom. The number of rotatable bonds is 8. The highest BCUT2D eigenvalue weighted by Gasteiger charge is 2.14. The van der Waals surface area contributed by atoms with Crippen LogP contribution in [0.3, 0.4) is 0 Å². The number of hydrogen-bond donors (Lipinski definition) is 2. The molecule has 0 aromatic heterocycles. The highest BCUT2D eigenvalue weighted by molar-refractivity contribution is 5.98. The molecule has 0 fully saturated rings. The van der Waals surface area contributed by atoms with Crippen molar-refractivity contribution in [2.45, 2.75) is 13.0 Å². The van der Waals surface area contributed by atoms with Gasteiger partial charge < -0.3 is 15.2 Å². The van der Waals surface area contributed by atoms with Crippen molar-refractivity contribution in [1.82, 2.24) is 5.32 Å². The maximum Gasteiger partial charge on any atom is 0.338 e. The summed E-state index contributed by atoms with van der Waals surface area (Å²) in [5, 5.41) is 14.8. The molecule has 0 aliphatic rings. The molecule has 4 rings (SSSR count). The molecule has 0 aliphatic heterocycles. The van der Waals surface area contributed by atoms with Crippen molar-refractivity contribution < 1.29 is 19.0 Å². The van der Waals surface area contributed by atoms with Gasteiger partial charge in [0, 0.05) is 6.54 Å². The third-order valence-corrected chi connectivity index (χ3v) is 5.48. The predicted octanol–water partition coefficient (Wildman–Crippen LogP) is 6.11. The zero-order valence-electron chi connectivity index (χ0n) is 18.2. The van der Waals surface area contributed by atoms with Gasteiger partial charge in [0.2, 0.25) is 0 Å². The maximum atomic E-state index is 13.9. The fourth-order valence-corrected chi connectivity index (χ4v) is 3.86. The fourth-order valence-electron chi connectivity index (χ4n) is 3.86. The van der Waals surface area contributed by atoms with E-state index in [4.69, 9.17) is 4.74 Å². The lowest BCUT2D eigenvalue weighted by molar-refractivity contribution is 0.0692. The van der Waals surface area contributed by atoms with E-state index in [9.17, 15) is 14.3 Å². The van der Waals surface area contributed by atoms with E-state index >= 15 is 0 Å². The smallest absolute Gasteiger partial charge is 0.338 e. The first-order valence-corrected chi connectivity index (χ1v) is 10.4. The number of ether oxygens (including phenoxy) is 1. The molecule has 170 valence electrons. The van der Waals surface area contributed by atoms with Gasteiger partial charge in [-0.2, -0.15) is 0 Å². The normalized spacial score (nSPS) is 10.6. The second kappa shape index (κ2) is 10.9. The lowest BCUT2D eigenvalue weighted by Gasteiger charge is -2.13. The van der Waals surface area contributed by atoms with Gasteiger partial charge in [-0.05, 0) is 82.4 Å². The number of fused-ring (bicyclic) bond motifs is 1. The first-order valence-electron chi connectivity index (χ1n) is 10.4. The number of halogens is 2. The largest absolute Gasteiger partial charge is 0.497 e. The second-order valence-corrected chi connectivity index (χ2v) is 7.64. The molecule has 0 aliphatic carbocycles. The molecule has 0 radical (unpaired) electrons. The summed E-state index contributed by atoms with van der Waals surface area (Å²) in [5.74, 6) is -1.16. The Bertz CT molecular complexity index is 1280. The first kappa shape index (κ1) is 24.2. The standard InChI is InChI=1S/C27H24FNO3.ClH/c1-32-22-7-4-5-18(14-22)11-12-29-17-19-13-20-6-2-3-8-23(20)24(15-19)21-9-10-26(28)25(16-21)27(30)31;/h2-10,13-16,29H,11-12,17H2,1H3,(H,30,31);1H. The number of benzene rings is 4. The third kappa shape index (κ3) is 5.69. The molecule has 0 spiro atoms. The quantitative estimate of drug-likeness (QED) is 0.308. The number of carbonyl (C=O) groups is 1. The van der Waals surface area contributed by atoms with Gasteiger partial charge in [0.1, 0.15) is 11.6 Å². The van der Waals surface area contributed by atoms with Crippen LogP contribution in [-0.4, -0.2) is 24.7 Å². The molecule has 0 bridgehead atoms. The average molecular weight is 466 g/mol. The number of hydrogen-bond acceptors (Lipinski definition) is 3. The van der Waals surface area contributed by atoms with E-state index in [2.05, 4.69) is 17.4 Å². The van der Waals surface area contributed by atoms with Crippen molar-refractivity contribution in [2.24, 2.45) is 0 Å². The van der Waals surface area contributed by atoms with Gasteiger partial charge in [0.15, 0.2) is 0 Å². The molecule has 6 heteroatoms. The average Bonchev–Trinajstić information content (AvgIpc) is 2.81. The minimum atomic E-state index is -1.27. The van der Waals surface area contributed by atoms with Crippen LogP contribution in [0.25, 0.3) is 21.9 Å². The number of nitrogens with one attached hydrogen (secondary N) is 1. The summed E-state index contributed by atoms with van der Waals surface area (Å²) in [5.41, 5.74) is 3.51. The van der Waals surface area contributed by atoms with Crippen molar-refractivity contribution >= 4 is 29.1 Å². The van der Waals surface area contributed by atoms with E-state index in [-0.39, 0.29) is 18.0 Å². The molecule has 2 N–H and O–H groups in total. The van der Waals surface area contributed by atoms with Gasteiger partial charge in [0.05, 0.1) is 12.7 Å². The van der Waals surface area contributed by atoms with Crippen LogP contribution in [0.2, 0.25) is 0 Å². The molecule has 4 nitrogen and oxygen atoms in total. The van der Waals surface area contributed by atoms with E-state index < -0.39 is 11.8 Å². The SMILES string of the molecule is COc1cccc(CCNCc2cc(-c3ccc(F)c(C(=O)O)c3)c3ccccc3c2)c1.Cl. The predicted molar refractivity (Wildman–Crippen MR) is 132 cm³/mol. The molecule has 0 saturated carbocycles. The van der Waals surface area contributed by atoms with E-state index in [1.54, 1.807) is 13.2 Å². The van der Waals surface area contributed by atoms with Crippen LogP contribution in [0.1, 0.15) is 21.5 Å². The molecular weight excluding hydrogens is 441 g/mol. The zero-order chi connectivity index (χ0) is 22.5. The van der Waals surface area contributed by atoms with Gasteiger partial charge in [-0.25, -0.2) is 9.18 Å². The highest BCUT2D eigenvalue weighted by Crippen LogP contribution is 2.31. The second-order valence-electron chi connectivity index (χ2n) is 7.64. The lowest BCUT2D eigenvalue weighted by Crippen LogP contribution is -2.16. The van der Waals surface area contributed by atoms with Crippen LogP contribution < -0.4 is 10.1 Å². The Morgan fingerprint density at radius 3 is 2.58 bits per heavy atom. The van der Waals surface area contributed by atoms with Crippen molar-refractivity contribution in [1.29, 1.82) is 0 Å². The first-order chi connectivity index (χ1) is 15.5. The summed E-state index contributed by atoms with van der Waals surface area (Å²) in [6.07, 6.45) is 0.873. The number of methoxy groups -OCH3 is 1. The van der Waals surface area contributed by atoms with Gasteiger partial charge in [0.25, 0.3) is 0 Å². The van der Waals surface area contributed by atoms with Crippen LogP contribution in [-0.2, 0) is 13.0 Å². The molecule has 0 amide bonds. The van der Waals surface area contributed by atoms with Gasteiger partial charge in [-0.15, -0.1) is 12.4 Å². The monoisotopic (exact) mass is 465 g/mol. The summed E-state index contributed by atoms with van der Waals surface area (Å²) < 4.78 is 19.2. The Kier molecular flexibility index (Phi) is 8.04. The minimum absolute atomic E-state index is 0. The topological polar surface area (TPSA) is 58.6 Å². The number of aromatic carboxylic acids is 1. The highest BCUT2D eigenvalue weighted by atomic mass is 35.5. The van der Waals surface area contributed by atoms with Crippen LogP contribution in [0.5, 0.6) is 5.75 Å². The lowest BCUT2D eigenvalue weighted by atomic mass is 9.94. The van der Waals surface area contributed by atoms with E-state index in [1.807, 2.05) is 48.5 Å². The van der Waals surface area contributed by atoms with Crippen molar-refractivity contribution in [3.8, 4) is 16.9 Å². The summed E-state index contributed by atoms with van der Waals surface area (Å²) in [4.78, 5) is 11.4. The summed E-state index contributed by atoms with van der Waals surface area (Å²) in [6, 6.07) is 24.4. The molecule has 4 aromatic rings. The molecule has 4 aromatic carbocycles. The van der Waals surface area contributed by atoms with E-state index in [0.717, 1.165) is 40.6 Å². The molecular formula is C27H25ClFNO3. The Balaban J connectivity index is 0.00000306. The molecule has 0 saturated heterocycles. The minimum Gasteiger partial charge on any atom is -0.497 e. The van der Waals surface area contributed by atoms with Crippen molar-refractivity contribution in [2.75, 3.05) is 13.7 Å². The molecule has 33 heavy (non-hydrogen) atoms. The summed E-state index contributed by atoms with van der Waals surface area (Å²) >= 11 is 0. The van der Waals surface area contributed by atoms with E-state index in [0.29, 0.717) is 12.1 Å². The van der Waals surface area contributed by atoms with Crippen LogP contribution in [0.4, 0.5) is 4.39 Å². The van der Waals surface area contributed by atoms with Gasteiger partial charge >= 0.3 is 5.97 Å². The van der Waals surface area contributed by atoms with Crippen LogP contribution in [0.15, 0.2) is 78.9 Å². The van der Waals surface area contributed by atoms with Gasteiger partial charge in [-0.3, -0.25) is 0 Å². The zero-order valence-corrected chi connectivity index (χ0v) is 19.0. The number of carboxylic acid groups (broad SMARTS) is 1. The maximum absolute atomic E-state index is 13.9. The third-order valence-electron chi connectivity index (χ3n) is 5.48. The van der Waals surface area contributed by atoms with Crippen molar-refractivity contribution in [3.63, 3.8) is 0 Å². The van der Waals surface area contributed by atoms with E-state index in [1.165, 1.54) is 17.7 Å². The Morgan fingerprint density at radius 1 is 0.970 bits per heavy atom. The van der Waals surface area contributed by atoms with Crippen LogP contribution in [0, 0.1) is 5.82 Å². The molecule has 0 unspecified atom stereocenters. The van der Waals surface area contributed by atoms with Crippen LogP contribution >= 0.6 is 12.4 Å². The Labute approximate surface area is 198 Å². The fraction of sp³-hybridized carbons (Fsp3) is 0.148. The van der Waals surface area contributed by atoms with Gasteiger partial charge in [-0.1, -0.05) is 42.5 Å².